The highest BCUT2D eigenvalue weighted by Gasteiger charge is 2.08. The van der Waals surface area contributed by atoms with Gasteiger partial charge in [-0.3, -0.25) is 4.79 Å². The van der Waals surface area contributed by atoms with E-state index in [1.807, 2.05) is 0 Å². The number of hydrogen-bond donors (Lipinski definition) is 2. The summed E-state index contributed by atoms with van der Waals surface area (Å²) in [6, 6.07) is 4.98. The van der Waals surface area contributed by atoms with Gasteiger partial charge in [0.2, 0.25) is 0 Å². The maximum absolute atomic E-state index is 11.5. The number of carbonyl (C=O) groups is 1. The third kappa shape index (κ3) is 5.77. The van der Waals surface area contributed by atoms with Gasteiger partial charge in [-0.15, -0.1) is 0 Å². The predicted molar refractivity (Wildman–Crippen MR) is 77.1 cm³/mol. The number of aliphatic hydroxyl groups excluding tert-OH is 1. The van der Waals surface area contributed by atoms with E-state index in [-0.39, 0.29) is 12.5 Å². The molecular weight excluding hydrogens is 282 g/mol. The van der Waals surface area contributed by atoms with Gasteiger partial charge >= 0.3 is 0 Å². The molecule has 1 atom stereocenters. The summed E-state index contributed by atoms with van der Waals surface area (Å²) >= 11 is 6.02. The van der Waals surface area contributed by atoms with Crippen LogP contribution in [-0.2, 0) is 9.53 Å². The topological polar surface area (TPSA) is 67.8 Å². The molecule has 0 spiro atoms. The van der Waals surface area contributed by atoms with Crippen molar-refractivity contribution in [3.8, 4) is 5.75 Å². The summed E-state index contributed by atoms with van der Waals surface area (Å²) in [4.78, 5) is 11.5. The average Bonchev–Trinajstić information content (AvgIpc) is 2.42. The van der Waals surface area contributed by atoms with Crippen LogP contribution in [0.25, 0.3) is 0 Å². The number of amides is 1. The van der Waals surface area contributed by atoms with Crippen LogP contribution < -0.4 is 10.1 Å². The van der Waals surface area contributed by atoms with E-state index < -0.39 is 6.10 Å². The first-order valence-electron chi connectivity index (χ1n) is 6.40. The van der Waals surface area contributed by atoms with Crippen molar-refractivity contribution >= 4 is 17.5 Å². The van der Waals surface area contributed by atoms with Crippen LogP contribution in [0, 0.1) is 0 Å². The highest BCUT2D eigenvalue weighted by atomic mass is 35.5. The van der Waals surface area contributed by atoms with Crippen molar-refractivity contribution in [2.24, 2.45) is 0 Å². The van der Waals surface area contributed by atoms with Gasteiger partial charge in [0.05, 0.1) is 11.1 Å². The molecule has 1 amide bonds. The molecule has 0 fully saturated rings. The molecule has 20 heavy (non-hydrogen) atoms. The SMILES string of the molecule is COCCCNC(=O)COc1ccc([C@@H](C)O)cc1Cl. The summed E-state index contributed by atoms with van der Waals surface area (Å²) in [5, 5.41) is 12.5. The molecule has 0 saturated carbocycles. The zero-order valence-corrected chi connectivity index (χ0v) is 12.4. The third-order valence-corrected chi connectivity index (χ3v) is 2.94. The molecule has 1 aromatic carbocycles. The predicted octanol–water partition coefficient (Wildman–Crippen LogP) is 1.92. The largest absolute Gasteiger partial charge is 0.482 e. The summed E-state index contributed by atoms with van der Waals surface area (Å²) in [6.45, 7) is 2.71. The van der Waals surface area contributed by atoms with E-state index in [0.29, 0.717) is 29.5 Å². The zero-order chi connectivity index (χ0) is 15.0. The fourth-order valence-electron chi connectivity index (χ4n) is 1.53. The second kappa shape index (κ2) is 8.79. The Bertz CT molecular complexity index is 437. The minimum Gasteiger partial charge on any atom is -0.482 e. The van der Waals surface area contributed by atoms with Crippen molar-refractivity contribution in [1.82, 2.24) is 5.32 Å². The van der Waals surface area contributed by atoms with E-state index >= 15 is 0 Å². The molecule has 0 aliphatic rings. The number of hydrogen-bond acceptors (Lipinski definition) is 4. The Morgan fingerprint density at radius 2 is 2.25 bits per heavy atom. The summed E-state index contributed by atoms with van der Waals surface area (Å²) in [7, 11) is 1.61. The summed E-state index contributed by atoms with van der Waals surface area (Å²) < 4.78 is 10.2. The lowest BCUT2D eigenvalue weighted by Crippen LogP contribution is -2.30. The Morgan fingerprint density at radius 1 is 1.50 bits per heavy atom. The molecule has 0 heterocycles. The Kier molecular flexibility index (Phi) is 7.36. The first-order chi connectivity index (χ1) is 9.54. The molecule has 0 bridgehead atoms. The minimum absolute atomic E-state index is 0.0965. The van der Waals surface area contributed by atoms with Gasteiger partial charge in [0.25, 0.3) is 5.91 Å². The molecule has 112 valence electrons. The van der Waals surface area contributed by atoms with Crippen LogP contribution >= 0.6 is 11.6 Å². The van der Waals surface area contributed by atoms with Crippen molar-refractivity contribution < 1.29 is 19.4 Å². The molecule has 0 radical (unpaired) electrons. The summed E-state index contributed by atoms with van der Waals surface area (Å²) in [6.07, 6.45) is 0.164. The third-order valence-electron chi connectivity index (χ3n) is 2.64. The molecule has 0 aromatic heterocycles. The van der Waals surface area contributed by atoms with Gasteiger partial charge in [0, 0.05) is 20.3 Å². The minimum atomic E-state index is -0.592. The first-order valence-corrected chi connectivity index (χ1v) is 6.78. The molecule has 5 nitrogen and oxygen atoms in total. The second-order valence-electron chi connectivity index (χ2n) is 4.35. The molecule has 0 saturated heterocycles. The highest BCUT2D eigenvalue weighted by molar-refractivity contribution is 6.32. The van der Waals surface area contributed by atoms with Crippen LogP contribution in [0.3, 0.4) is 0 Å². The fraction of sp³-hybridized carbons (Fsp3) is 0.500. The van der Waals surface area contributed by atoms with E-state index in [4.69, 9.17) is 21.1 Å². The number of halogens is 1. The lowest BCUT2D eigenvalue weighted by molar-refractivity contribution is -0.123. The van der Waals surface area contributed by atoms with Crippen LogP contribution in [0.2, 0.25) is 5.02 Å². The molecular formula is C14H20ClNO4. The van der Waals surface area contributed by atoms with Gasteiger partial charge in [0.1, 0.15) is 5.75 Å². The maximum atomic E-state index is 11.5. The van der Waals surface area contributed by atoms with Crippen LogP contribution in [0.5, 0.6) is 5.75 Å². The first kappa shape index (κ1) is 16.8. The van der Waals surface area contributed by atoms with Gasteiger partial charge < -0.3 is 19.9 Å². The zero-order valence-electron chi connectivity index (χ0n) is 11.7. The number of aliphatic hydroxyl groups is 1. The van der Waals surface area contributed by atoms with Crippen LogP contribution in [0.15, 0.2) is 18.2 Å². The highest BCUT2D eigenvalue weighted by Crippen LogP contribution is 2.27. The van der Waals surface area contributed by atoms with Crippen molar-refractivity contribution in [1.29, 1.82) is 0 Å². The Hall–Kier alpha value is -1.30. The molecule has 1 rings (SSSR count). The van der Waals surface area contributed by atoms with Crippen molar-refractivity contribution in [2.45, 2.75) is 19.4 Å². The smallest absolute Gasteiger partial charge is 0.257 e. The molecule has 0 aliphatic carbocycles. The van der Waals surface area contributed by atoms with Crippen LogP contribution in [0.1, 0.15) is 25.0 Å². The van der Waals surface area contributed by atoms with Gasteiger partial charge in [-0.1, -0.05) is 17.7 Å². The van der Waals surface area contributed by atoms with Gasteiger partial charge in [-0.25, -0.2) is 0 Å². The fourth-order valence-corrected chi connectivity index (χ4v) is 1.78. The number of methoxy groups -OCH3 is 1. The average molecular weight is 302 g/mol. The number of nitrogens with one attached hydrogen (secondary N) is 1. The Balaban J connectivity index is 2.39. The van der Waals surface area contributed by atoms with Crippen LogP contribution in [-0.4, -0.2) is 37.9 Å². The van der Waals surface area contributed by atoms with E-state index in [0.717, 1.165) is 6.42 Å². The normalized spacial score (nSPS) is 12.0. The number of carbonyl (C=O) groups excluding carboxylic acids is 1. The van der Waals surface area contributed by atoms with Crippen molar-refractivity contribution in [3.05, 3.63) is 28.8 Å². The number of rotatable bonds is 8. The quantitative estimate of drug-likeness (QED) is 0.720. The molecule has 6 heteroatoms. The second-order valence-corrected chi connectivity index (χ2v) is 4.76. The van der Waals surface area contributed by atoms with E-state index in [1.165, 1.54) is 0 Å². The lowest BCUT2D eigenvalue weighted by atomic mass is 10.1. The lowest BCUT2D eigenvalue weighted by Gasteiger charge is -2.11. The van der Waals surface area contributed by atoms with Crippen LogP contribution in [0.4, 0.5) is 0 Å². The number of ether oxygens (including phenoxy) is 2. The van der Waals surface area contributed by atoms with Gasteiger partial charge in [-0.05, 0) is 31.0 Å². The van der Waals surface area contributed by atoms with Crippen molar-refractivity contribution in [2.75, 3.05) is 26.9 Å². The van der Waals surface area contributed by atoms with Gasteiger partial charge in [0.15, 0.2) is 6.61 Å². The molecule has 0 aliphatic heterocycles. The van der Waals surface area contributed by atoms with E-state index in [2.05, 4.69) is 5.32 Å². The summed E-state index contributed by atoms with van der Waals surface area (Å²) in [5.41, 5.74) is 0.700. The van der Waals surface area contributed by atoms with Gasteiger partial charge in [-0.2, -0.15) is 0 Å². The monoisotopic (exact) mass is 301 g/mol. The molecule has 0 unspecified atom stereocenters. The summed E-state index contributed by atoms with van der Waals surface area (Å²) in [5.74, 6) is 0.208. The molecule has 1 aromatic rings. The maximum Gasteiger partial charge on any atom is 0.257 e. The Labute approximate surface area is 123 Å². The van der Waals surface area contributed by atoms with E-state index in [9.17, 15) is 9.90 Å². The standard InChI is InChI=1S/C14H20ClNO4/c1-10(17)11-4-5-13(12(15)8-11)20-9-14(18)16-6-3-7-19-2/h4-5,8,10,17H,3,6-7,9H2,1-2H3,(H,16,18)/t10-/m1/s1. The number of benzene rings is 1. The Morgan fingerprint density at radius 3 is 2.85 bits per heavy atom. The van der Waals surface area contributed by atoms with E-state index in [1.54, 1.807) is 32.2 Å². The van der Waals surface area contributed by atoms with Crippen molar-refractivity contribution in [3.63, 3.8) is 0 Å². The molecule has 2 N–H and O–H groups in total.